The number of amides is 1. The highest BCUT2D eigenvalue weighted by molar-refractivity contribution is 6.02. The van der Waals surface area contributed by atoms with Crippen molar-refractivity contribution in [2.45, 2.75) is 27.2 Å². The third-order valence-corrected chi connectivity index (χ3v) is 2.96. The van der Waals surface area contributed by atoms with Gasteiger partial charge in [-0.25, -0.2) is 4.98 Å². The van der Waals surface area contributed by atoms with Gasteiger partial charge in [0.15, 0.2) is 0 Å². The first kappa shape index (κ1) is 13.2. The van der Waals surface area contributed by atoms with E-state index < -0.39 is 0 Å². The van der Waals surface area contributed by atoms with Crippen molar-refractivity contribution in [3.8, 4) is 0 Å². The number of carbonyl (C=O) groups excluding carboxylic acids is 1. The lowest BCUT2D eigenvalue weighted by molar-refractivity contribution is 0.102. The molecule has 0 saturated carbocycles. The molecule has 2 aromatic rings. The Balaban J connectivity index is 2.24. The van der Waals surface area contributed by atoms with Crippen LogP contribution in [0.25, 0.3) is 0 Å². The summed E-state index contributed by atoms with van der Waals surface area (Å²) >= 11 is 0. The highest BCUT2D eigenvalue weighted by atomic mass is 16.2. The molecular weight excluding hydrogens is 242 g/mol. The number of aromatic nitrogens is 4. The zero-order chi connectivity index (χ0) is 14.0. The van der Waals surface area contributed by atoms with Crippen molar-refractivity contribution in [1.82, 2.24) is 19.7 Å². The average Bonchev–Trinajstić information content (AvgIpc) is 2.67. The minimum Gasteiger partial charge on any atom is -0.305 e. The number of rotatable bonds is 3. The fraction of sp³-hybridized carbons (Fsp3) is 0.385. The molecule has 2 aromatic heterocycles. The Labute approximate surface area is 111 Å². The van der Waals surface area contributed by atoms with Crippen LogP contribution < -0.4 is 5.32 Å². The number of anilines is 1. The van der Waals surface area contributed by atoms with Crippen LogP contribution in [0, 0.1) is 13.8 Å². The number of aryl methyl sites for hydroxylation is 3. The maximum atomic E-state index is 12.1. The van der Waals surface area contributed by atoms with Crippen LogP contribution in [-0.2, 0) is 13.5 Å². The van der Waals surface area contributed by atoms with Gasteiger partial charge in [0.25, 0.3) is 5.91 Å². The van der Waals surface area contributed by atoms with Crippen molar-refractivity contribution in [2.75, 3.05) is 5.32 Å². The first-order valence-electron chi connectivity index (χ1n) is 6.15. The number of carbonyl (C=O) groups is 1. The summed E-state index contributed by atoms with van der Waals surface area (Å²) in [5.41, 5.74) is 3.04. The zero-order valence-electron chi connectivity index (χ0n) is 11.6. The molecule has 1 N–H and O–H groups in total. The number of nitrogens with zero attached hydrogens (tertiary/aromatic N) is 4. The minimum atomic E-state index is -0.277. The quantitative estimate of drug-likeness (QED) is 0.909. The van der Waals surface area contributed by atoms with Gasteiger partial charge >= 0.3 is 0 Å². The van der Waals surface area contributed by atoms with E-state index in [0.29, 0.717) is 11.5 Å². The standard InChI is InChI=1S/C13H17N5O/c1-5-10-9(3)12(18(4)17-10)16-13(19)11-7-14-8(2)6-15-11/h6-7H,5H2,1-4H3,(H,16,19). The van der Waals surface area contributed by atoms with E-state index in [-0.39, 0.29) is 5.91 Å². The summed E-state index contributed by atoms with van der Waals surface area (Å²) < 4.78 is 1.67. The van der Waals surface area contributed by atoms with Crippen molar-refractivity contribution in [3.63, 3.8) is 0 Å². The molecule has 0 aliphatic heterocycles. The van der Waals surface area contributed by atoms with E-state index in [0.717, 1.165) is 23.4 Å². The maximum absolute atomic E-state index is 12.1. The molecule has 1 amide bonds. The van der Waals surface area contributed by atoms with Gasteiger partial charge in [0.1, 0.15) is 11.5 Å². The second-order valence-corrected chi connectivity index (χ2v) is 4.39. The lowest BCUT2D eigenvalue weighted by Crippen LogP contribution is -2.17. The molecule has 0 saturated heterocycles. The average molecular weight is 259 g/mol. The SMILES string of the molecule is CCc1nn(C)c(NC(=O)c2cnc(C)cn2)c1C. The molecule has 6 nitrogen and oxygen atoms in total. The van der Waals surface area contributed by atoms with E-state index in [1.165, 1.54) is 6.20 Å². The van der Waals surface area contributed by atoms with E-state index in [1.54, 1.807) is 10.9 Å². The van der Waals surface area contributed by atoms with Crippen LogP contribution in [0.15, 0.2) is 12.4 Å². The van der Waals surface area contributed by atoms with Gasteiger partial charge < -0.3 is 5.32 Å². The lowest BCUT2D eigenvalue weighted by Gasteiger charge is -2.06. The van der Waals surface area contributed by atoms with E-state index in [9.17, 15) is 4.79 Å². The van der Waals surface area contributed by atoms with Crippen LogP contribution in [0.4, 0.5) is 5.82 Å². The van der Waals surface area contributed by atoms with Crippen molar-refractivity contribution in [1.29, 1.82) is 0 Å². The van der Waals surface area contributed by atoms with Gasteiger partial charge in [-0.2, -0.15) is 5.10 Å². The molecule has 2 heterocycles. The van der Waals surface area contributed by atoms with Gasteiger partial charge in [-0.3, -0.25) is 14.5 Å². The monoisotopic (exact) mass is 259 g/mol. The summed E-state index contributed by atoms with van der Waals surface area (Å²) in [4.78, 5) is 20.2. The Morgan fingerprint density at radius 3 is 2.58 bits per heavy atom. The Morgan fingerprint density at radius 2 is 2.05 bits per heavy atom. The first-order chi connectivity index (χ1) is 9.02. The molecule has 19 heavy (non-hydrogen) atoms. The van der Waals surface area contributed by atoms with Crippen LogP contribution in [0.1, 0.15) is 34.4 Å². The minimum absolute atomic E-state index is 0.277. The molecule has 0 radical (unpaired) electrons. The third kappa shape index (κ3) is 2.62. The van der Waals surface area contributed by atoms with Crippen LogP contribution in [-0.4, -0.2) is 25.7 Å². The number of nitrogens with one attached hydrogen (secondary N) is 1. The summed E-state index contributed by atoms with van der Waals surface area (Å²) in [5, 5.41) is 7.18. The molecule has 6 heteroatoms. The molecule has 0 aliphatic rings. The van der Waals surface area contributed by atoms with Gasteiger partial charge in [0.2, 0.25) is 0 Å². The van der Waals surface area contributed by atoms with Crippen molar-refractivity contribution in [2.24, 2.45) is 7.05 Å². The Hall–Kier alpha value is -2.24. The molecule has 0 bridgehead atoms. The number of hydrogen-bond acceptors (Lipinski definition) is 4. The topological polar surface area (TPSA) is 72.7 Å². The molecule has 100 valence electrons. The lowest BCUT2D eigenvalue weighted by atomic mass is 10.2. The Kier molecular flexibility index (Phi) is 3.59. The third-order valence-electron chi connectivity index (χ3n) is 2.96. The van der Waals surface area contributed by atoms with Crippen molar-refractivity contribution < 1.29 is 4.79 Å². The molecule has 0 aliphatic carbocycles. The van der Waals surface area contributed by atoms with Gasteiger partial charge in [0.05, 0.1) is 17.6 Å². The highest BCUT2D eigenvalue weighted by Crippen LogP contribution is 2.18. The van der Waals surface area contributed by atoms with Crippen LogP contribution in [0.5, 0.6) is 0 Å². The zero-order valence-corrected chi connectivity index (χ0v) is 11.6. The Morgan fingerprint density at radius 1 is 1.32 bits per heavy atom. The summed E-state index contributed by atoms with van der Waals surface area (Å²) in [6.07, 6.45) is 3.87. The molecular formula is C13H17N5O. The van der Waals surface area contributed by atoms with Crippen LogP contribution in [0.2, 0.25) is 0 Å². The normalized spacial score (nSPS) is 10.5. The molecule has 0 atom stereocenters. The van der Waals surface area contributed by atoms with E-state index in [1.807, 2.05) is 27.8 Å². The summed E-state index contributed by atoms with van der Waals surface area (Å²) in [7, 11) is 1.81. The second kappa shape index (κ2) is 5.17. The van der Waals surface area contributed by atoms with Gasteiger partial charge in [0, 0.05) is 18.8 Å². The summed E-state index contributed by atoms with van der Waals surface area (Å²) in [6.45, 7) is 5.81. The first-order valence-corrected chi connectivity index (χ1v) is 6.15. The molecule has 0 aromatic carbocycles. The molecule has 0 spiro atoms. The predicted molar refractivity (Wildman–Crippen MR) is 72.0 cm³/mol. The summed E-state index contributed by atoms with van der Waals surface area (Å²) in [6, 6.07) is 0. The van der Waals surface area contributed by atoms with Gasteiger partial charge in [-0.05, 0) is 20.3 Å². The highest BCUT2D eigenvalue weighted by Gasteiger charge is 2.15. The number of hydrogen-bond donors (Lipinski definition) is 1. The van der Waals surface area contributed by atoms with Crippen molar-refractivity contribution >= 4 is 11.7 Å². The van der Waals surface area contributed by atoms with Crippen molar-refractivity contribution in [3.05, 3.63) is 35.0 Å². The molecule has 0 unspecified atom stereocenters. The van der Waals surface area contributed by atoms with E-state index >= 15 is 0 Å². The van der Waals surface area contributed by atoms with E-state index in [2.05, 4.69) is 20.4 Å². The second-order valence-electron chi connectivity index (χ2n) is 4.39. The largest absolute Gasteiger partial charge is 0.305 e. The molecule has 2 rings (SSSR count). The Bertz CT molecular complexity index is 600. The summed E-state index contributed by atoms with van der Waals surface area (Å²) in [5.74, 6) is 0.422. The van der Waals surface area contributed by atoms with Crippen LogP contribution >= 0.6 is 0 Å². The van der Waals surface area contributed by atoms with Crippen LogP contribution in [0.3, 0.4) is 0 Å². The maximum Gasteiger partial charge on any atom is 0.277 e. The molecule has 0 fully saturated rings. The smallest absolute Gasteiger partial charge is 0.277 e. The fourth-order valence-corrected chi connectivity index (χ4v) is 1.88. The van der Waals surface area contributed by atoms with Gasteiger partial charge in [-0.15, -0.1) is 0 Å². The predicted octanol–water partition coefficient (Wildman–Crippen LogP) is 1.64. The van der Waals surface area contributed by atoms with Gasteiger partial charge in [-0.1, -0.05) is 6.92 Å². The fourth-order valence-electron chi connectivity index (χ4n) is 1.88. The van der Waals surface area contributed by atoms with E-state index in [4.69, 9.17) is 0 Å².